The molecule has 0 amide bonds. The van der Waals surface area contributed by atoms with Crippen molar-refractivity contribution in [2.24, 2.45) is 0 Å². The lowest BCUT2D eigenvalue weighted by molar-refractivity contribution is 0.00936. The van der Waals surface area contributed by atoms with E-state index in [-0.39, 0.29) is 0 Å². The Hall–Kier alpha value is -1.67. The Kier molecular flexibility index (Phi) is 4.11. The SMILES string of the molecule is COC(CCF)(c1ccccc1)c1ccccc1. The lowest BCUT2D eigenvalue weighted by Gasteiger charge is -2.33. The Bertz CT molecular complexity index is 427. The lowest BCUT2D eigenvalue weighted by atomic mass is 9.83. The molecule has 0 radical (unpaired) electrons. The zero-order valence-electron chi connectivity index (χ0n) is 10.5. The van der Waals surface area contributed by atoms with Gasteiger partial charge in [0.25, 0.3) is 0 Å². The van der Waals surface area contributed by atoms with Crippen molar-refractivity contribution in [2.45, 2.75) is 12.0 Å². The standard InChI is InChI=1S/C16H17FO/c1-18-16(12-13-17,14-8-4-2-5-9-14)15-10-6-3-7-11-15/h2-11H,12-13H2,1H3. The molecule has 18 heavy (non-hydrogen) atoms. The van der Waals surface area contributed by atoms with E-state index >= 15 is 0 Å². The summed E-state index contributed by atoms with van der Waals surface area (Å²) in [7, 11) is 1.63. The van der Waals surface area contributed by atoms with Crippen LogP contribution in [0.25, 0.3) is 0 Å². The Morgan fingerprint density at radius 2 is 1.33 bits per heavy atom. The first kappa shape index (κ1) is 12.8. The van der Waals surface area contributed by atoms with Crippen molar-refractivity contribution >= 4 is 0 Å². The van der Waals surface area contributed by atoms with Gasteiger partial charge in [0, 0.05) is 13.5 Å². The summed E-state index contributed by atoms with van der Waals surface area (Å²) in [5.74, 6) is 0. The molecule has 2 aromatic rings. The first-order chi connectivity index (χ1) is 8.83. The highest BCUT2D eigenvalue weighted by atomic mass is 19.1. The molecule has 94 valence electrons. The highest BCUT2D eigenvalue weighted by Crippen LogP contribution is 2.36. The number of hydrogen-bond acceptors (Lipinski definition) is 1. The largest absolute Gasteiger partial charge is 0.369 e. The molecule has 1 nitrogen and oxygen atoms in total. The van der Waals surface area contributed by atoms with E-state index in [1.165, 1.54) is 0 Å². The fourth-order valence-electron chi connectivity index (χ4n) is 2.34. The molecular formula is C16H17FO. The summed E-state index contributed by atoms with van der Waals surface area (Å²) in [6.45, 7) is -0.419. The van der Waals surface area contributed by atoms with Crippen LogP contribution in [0.15, 0.2) is 60.7 Å². The van der Waals surface area contributed by atoms with Crippen molar-refractivity contribution in [1.29, 1.82) is 0 Å². The van der Waals surface area contributed by atoms with Gasteiger partial charge < -0.3 is 4.74 Å². The molecule has 0 fully saturated rings. The van der Waals surface area contributed by atoms with Gasteiger partial charge in [-0.2, -0.15) is 0 Å². The molecule has 0 saturated carbocycles. The minimum Gasteiger partial charge on any atom is -0.369 e. The molecule has 0 spiro atoms. The zero-order valence-corrected chi connectivity index (χ0v) is 10.5. The normalized spacial score (nSPS) is 11.4. The number of rotatable bonds is 5. The summed E-state index contributed by atoms with van der Waals surface area (Å²) >= 11 is 0. The summed E-state index contributed by atoms with van der Waals surface area (Å²) in [5, 5.41) is 0. The van der Waals surface area contributed by atoms with Crippen LogP contribution >= 0.6 is 0 Å². The summed E-state index contributed by atoms with van der Waals surface area (Å²) in [6, 6.07) is 19.6. The fraction of sp³-hybridized carbons (Fsp3) is 0.250. The molecule has 0 heterocycles. The maximum Gasteiger partial charge on any atom is 0.120 e. The van der Waals surface area contributed by atoms with Crippen molar-refractivity contribution in [3.05, 3.63) is 71.8 Å². The molecule has 2 rings (SSSR count). The lowest BCUT2D eigenvalue weighted by Crippen LogP contribution is -2.30. The number of hydrogen-bond donors (Lipinski definition) is 0. The minimum atomic E-state index is -0.697. The Labute approximate surface area is 107 Å². The summed E-state index contributed by atoms with van der Waals surface area (Å²) in [6.07, 6.45) is 0.317. The number of halogens is 1. The van der Waals surface area contributed by atoms with Gasteiger partial charge in [-0.15, -0.1) is 0 Å². The van der Waals surface area contributed by atoms with E-state index in [0.717, 1.165) is 11.1 Å². The van der Waals surface area contributed by atoms with Crippen LogP contribution in [0.1, 0.15) is 17.5 Å². The quantitative estimate of drug-likeness (QED) is 0.774. The van der Waals surface area contributed by atoms with E-state index in [1.807, 2.05) is 60.7 Å². The molecule has 0 aliphatic rings. The van der Waals surface area contributed by atoms with Gasteiger partial charge in [0.1, 0.15) is 5.60 Å². The van der Waals surface area contributed by atoms with Crippen LogP contribution in [0.4, 0.5) is 4.39 Å². The fourth-order valence-corrected chi connectivity index (χ4v) is 2.34. The third-order valence-corrected chi connectivity index (χ3v) is 3.28. The van der Waals surface area contributed by atoms with Crippen LogP contribution in [0.2, 0.25) is 0 Å². The van der Waals surface area contributed by atoms with E-state index in [0.29, 0.717) is 6.42 Å². The van der Waals surface area contributed by atoms with Gasteiger partial charge in [0.15, 0.2) is 0 Å². The van der Waals surface area contributed by atoms with Gasteiger partial charge in [0.2, 0.25) is 0 Å². The topological polar surface area (TPSA) is 9.23 Å². The molecule has 0 N–H and O–H groups in total. The Balaban J connectivity index is 2.53. The van der Waals surface area contributed by atoms with Crippen LogP contribution in [-0.4, -0.2) is 13.8 Å². The van der Waals surface area contributed by atoms with Crippen molar-refractivity contribution < 1.29 is 9.13 Å². The molecule has 0 saturated heterocycles. The predicted molar refractivity (Wildman–Crippen MR) is 71.3 cm³/mol. The summed E-state index contributed by atoms with van der Waals surface area (Å²) in [4.78, 5) is 0. The average Bonchev–Trinajstić information content (AvgIpc) is 2.47. The molecule has 2 heteroatoms. The summed E-state index contributed by atoms with van der Waals surface area (Å²) in [5.41, 5.74) is 1.27. The number of ether oxygens (including phenoxy) is 1. The molecule has 0 atom stereocenters. The molecule has 2 aromatic carbocycles. The van der Waals surface area contributed by atoms with Crippen molar-refractivity contribution in [1.82, 2.24) is 0 Å². The zero-order chi connectivity index (χ0) is 12.8. The number of methoxy groups -OCH3 is 1. The second-order valence-electron chi connectivity index (χ2n) is 4.20. The number of benzene rings is 2. The first-order valence-electron chi connectivity index (χ1n) is 6.05. The molecular weight excluding hydrogens is 227 g/mol. The van der Waals surface area contributed by atoms with Crippen LogP contribution < -0.4 is 0 Å². The van der Waals surface area contributed by atoms with Gasteiger partial charge >= 0.3 is 0 Å². The monoisotopic (exact) mass is 244 g/mol. The van der Waals surface area contributed by atoms with Crippen LogP contribution in [0.5, 0.6) is 0 Å². The van der Waals surface area contributed by atoms with Crippen molar-refractivity contribution in [2.75, 3.05) is 13.8 Å². The van der Waals surface area contributed by atoms with Crippen molar-refractivity contribution in [3.63, 3.8) is 0 Å². The smallest absolute Gasteiger partial charge is 0.120 e. The third kappa shape index (κ3) is 2.29. The number of alkyl halides is 1. The van der Waals surface area contributed by atoms with Gasteiger partial charge in [-0.1, -0.05) is 60.7 Å². The molecule has 0 aliphatic heterocycles. The van der Waals surface area contributed by atoms with Gasteiger partial charge in [-0.05, 0) is 11.1 Å². The molecule has 0 aromatic heterocycles. The second kappa shape index (κ2) is 5.78. The van der Waals surface area contributed by atoms with Crippen LogP contribution in [0.3, 0.4) is 0 Å². The van der Waals surface area contributed by atoms with Crippen LogP contribution in [-0.2, 0) is 10.3 Å². The highest BCUT2D eigenvalue weighted by molar-refractivity contribution is 5.36. The Morgan fingerprint density at radius 1 is 0.889 bits per heavy atom. The van der Waals surface area contributed by atoms with Gasteiger partial charge in [0.05, 0.1) is 6.67 Å². The average molecular weight is 244 g/mol. The maximum absolute atomic E-state index is 13.0. The molecule has 0 unspecified atom stereocenters. The van der Waals surface area contributed by atoms with E-state index in [1.54, 1.807) is 7.11 Å². The van der Waals surface area contributed by atoms with Gasteiger partial charge in [-0.3, -0.25) is 4.39 Å². The maximum atomic E-state index is 13.0. The van der Waals surface area contributed by atoms with E-state index in [4.69, 9.17) is 4.74 Å². The minimum absolute atomic E-state index is 0.317. The molecule has 0 aliphatic carbocycles. The molecule has 0 bridgehead atoms. The van der Waals surface area contributed by atoms with E-state index in [9.17, 15) is 4.39 Å². The van der Waals surface area contributed by atoms with Crippen LogP contribution in [0, 0.1) is 0 Å². The third-order valence-electron chi connectivity index (χ3n) is 3.28. The van der Waals surface area contributed by atoms with E-state index < -0.39 is 12.3 Å². The van der Waals surface area contributed by atoms with E-state index in [2.05, 4.69) is 0 Å². The second-order valence-corrected chi connectivity index (χ2v) is 4.20. The van der Waals surface area contributed by atoms with Gasteiger partial charge in [-0.25, -0.2) is 0 Å². The van der Waals surface area contributed by atoms with Crippen molar-refractivity contribution in [3.8, 4) is 0 Å². The predicted octanol–water partition coefficient (Wildman–Crippen LogP) is 3.94. The highest BCUT2D eigenvalue weighted by Gasteiger charge is 2.33. The summed E-state index contributed by atoms with van der Waals surface area (Å²) < 4.78 is 18.7. The first-order valence-corrected chi connectivity index (χ1v) is 6.05. The Morgan fingerprint density at radius 3 is 1.67 bits per heavy atom.